The van der Waals surface area contributed by atoms with Gasteiger partial charge in [-0.15, -0.1) is 0 Å². The third-order valence-electron chi connectivity index (χ3n) is 4.17. The van der Waals surface area contributed by atoms with Crippen molar-refractivity contribution in [1.29, 1.82) is 0 Å². The Bertz CT molecular complexity index is 994. The Morgan fingerprint density at radius 3 is 2.76 bits per heavy atom. The highest BCUT2D eigenvalue weighted by Crippen LogP contribution is 2.38. The van der Waals surface area contributed by atoms with E-state index in [0.29, 0.717) is 24.5 Å². The Kier molecular flexibility index (Phi) is 3.97. The van der Waals surface area contributed by atoms with Crippen LogP contribution in [0.15, 0.2) is 47.4 Å². The Balaban J connectivity index is 1.41. The van der Waals surface area contributed by atoms with Gasteiger partial charge in [0.2, 0.25) is 0 Å². The number of nitrogens with one attached hydrogen (secondary N) is 1. The summed E-state index contributed by atoms with van der Waals surface area (Å²) in [6, 6.07) is 10.7. The first kappa shape index (κ1) is 15.4. The van der Waals surface area contributed by atoms with Crippen LogP contribution in [-0.2, 0) is 6.54 Å². The lowest BCUT2D eigenvalue weighted by Crippen LogP contribution is -2.32. The molecule has 0 unspecified atom stereocenters. The summed E-state index contributed by atoms with van der Waals surface area (Å²) >= 11 is 0. The van der Waals surface area contributed by atoms with Crippen molar-refractivity contribution >= 4 is 16.9 Å². The molecule has 1 saturated carbocycles. The second kappa shape index (κ2) is 6.43. The highest BCUT2D eigenvalue weighted by atomic mass is 16.2. The molecule has 1 fully saturated rings. The van der Waals surface area contributed by atoms with Crippen molar-refractivity contribution in [3.63, 3.8) is 0 Å². The number of para-hydroxylation sites is 2. The molecule has 0 bridgehead atoms. The fourth-order valence-corrected chi connectivity index (χ4v) is 2.65. The summed E-state index contributed by atoms with van der Waals surface area (Å²) in [6.07, 6.45) is 3.71. The topological polar surface area (TPSA) is 89.8 Å². The lowest BCUT2D eigenvalue weighted by molar-refractivity contribution is 0.0946. The summed E-state index contributed by atoms with van der Waals surface area (Å²) in [5.74, 6) is 0.166. The molecule has 0 atom stereocenters. The van der Waals surface area contributed by atoms with Gasteiger partial charge in [-0.1, -0.05) is 12.1 Å². The van der Waals surface area contributed by atoms with E-state index >= 15 is 0 Å². The first-order valence-corrected chi connectivity index (χ1v) is 8.29. The van der Waals surface area contributed by atoms with Crippen LogP contribution in [0, 0.1) is 0 Å². The normalized spacial score (nSPS) is 13.8. The van der Waals surface area contributed by atoms with Crippen LogP contribution >= 0.6 is 0 Å². The summed E-state index contributed by atoms with van der Waals surface area (Å²) < 4.78 is 1.40. The van der Waals surface area contributed by atoms with Crippen molar-refractivity contribution in [3.8, 4) is 0 Å². The molecule has 25 heavy (non-hydrogen) atoms. The summed E-state index contributed by atoms with van der Waals surface area (Å²) in [4.78, 5) is 32.6. The zero-order valence-corrected chi connectivity index (χ0v) is 13.6. The second-order valence-electron chi connectivity index (χ2n) is 6.09. The third-order valence-corrected chi connectivity index (χ3v) is 4.17. The van der Waals surface area contributed by atoms with E-state index in [2.05, 4.69) is 20.4 Å². The predicted molar refractivity (Wildman–Crippen MR) is 92.3 cm³/mol. The minimum atomic E-state index is -0.315. The van der Waals surface area contributed by atoms with Gasteiger partial charge in [-0.3, -0.25) is 14.6 Å². The maximum Gasteiger partial charge on any atom is 0.271 e. The largest absolute Gasteiger partial charge is 0.349 e. The molecule has 126 valence electrons. The highest BCUT2D eigenvalue weighted by Gasteiger charge is 2.25. The van der Waals surface area contributed by atoms with Crippen molar-refractivity contribution in [2.24, 2.45) is 0 Å². The molecule has 7 nitrogen and oxygen atoms in total. The number of fused-ring (bicyclic) bond motifs is 1. The van der Waals surface area contributed by atoms with Crippen LogP contribution in [0.1, 0.15) is 34.9 Å². The number of aromatic nitrogens is 4. The van der Waals surface area contributed by atoms with E-state index in [0.717, 1.165) is 24.1 Å². The van der Waals surface area contributed by atoms with E-state index in [1.807, 2.05) is 24.3 Å². The Labute approximate surface area is 143 Å². The zero-order chi connectivity index (χ0) is 17.2. The third kappa shape index (κ3) is 3.40. The Morgan fingerprint density at radius 1 is 1.16 bits per heavy atom. The van der Waals surface area contributed by atoms with E-state index < -0.39 is 0 Å². The number of benzene rings is 1. The smallest absolute Gasteiger partial charge is 0.271 e. The molecular formula is C18H17N5O2. The fourth-order valence-electron chi connectivity index (χ4n) is 2.65. The standard InChI is InChI=1S/C18H17N5O2/c24-17-8-7-13(12-5-6-12)22-23(17)10-9-19-18(25)16-11-20-14-3-1-2-4-15(14)21-16/h1-4,7-8,11-12H,5-6,9-10H2,(H,19,25). The maximum atomic E-state index is 12.2. The lowest BCUT2D eigenvalue weighted by atomic mass is 10.3. The van der Waals surface area contributed by atoms with E-state index in [9.17, 15) is 9.59 Å². The van der Waals surface area contributed by atoms with E-state index in [1.54, 1.807) is 6.07 Å². The van der Waals surface area contributed by atoms with Crippen molar-refractivity contribution in [2.45, 2.75) is 25.3 Å². The summed E-state index contributed by atoms with van der Waals surface area (Å²) in [5.41, 5.74) is 2.46. The average molecular weight is 335 g/mol. The molecule has 1 N–H and O–H groups in total. The Hall–Kier alpha value is -3.09. The van der Waals surface area contributed by atoms with Crippen LogP contribution in [0.5, 0.6) is 0 Å². The molecule has 4 rings (SSSR count). The SMILES string of the molecule is O=C(NCCn1nc(C2CC2)ccc1=O)c1cnc2ccccc2n1. The van der Waals surface area contributed by atoms with Crippen LogP contribution in [0.4, 0.5) is 0 Å². The molecule has 1 aromatic carbocycles. The van der Waals surface area contributed by atoms with Gasteiger partial charge in [-0.2, -0.15) is 5.10 Å². The molecule has 0 radical (unpaired) electrons. The minimum absolute atomic E-state index is 0.163. The molecule has 2 heterocycles. The summed E-state index contributed by atoms with van der Waals surface area (Å²) in [7, 11) is 0. The number of nitrogens with zero attached hydrogens (tertiary/aromatic N) is 4. The quantitative estimate of drug-likeness (QED) is 0.763. The first-order valence-electron chi connectivity index (χ1n) is 8.29. The van der Waals surface area contributed by atoms with E-state index in [1.165, 1.54) is 16.9 Å². The van der Waals surface area contributed by atoms with Crippen molar-refractivity contribution in [1.82, 2.24) is 25.1 Å². The number of hydrogen-bond acceptors (Lipinski definition) is 5. The predicted octanol–water partition coefficient (Wildman–Crippen LogP) is 1.49. The minimum Gasteiger partial charge on any atom is -0.349 e. The van der Waals surface area contributed by atoms with Gasteiger partial charge in [-0.05, 0) is 31.0 Å². The van der Waals surface area contributed by atoms with Crippen molar-refractivity contribution in [3.05, 3.63) is 64.3 Å². The summed E-state index contributed by atoms with van der Waals surface area (Å²) in [6.45, 7) is 0.626. The number of carbonyl (C=O) groups excluding carboxylic acids is 1. The van der Waals surface area contributed by atoms with Crippen LogP contribution in [0.2, 0.25) is 0 Å². The molecule has 1 amide bonds. The van der Waals surface area contributed by atoms with Gasteiger partial charge >= 0.3 is 0 Å². The van der Waals surface area contributed by atoms with Crippen LogP contribution < -0.4 is 10.9 Å². The molecule has 1 aliphatic carbocycles. The lowest BCUT2D eigenvalue weighted by Gasteiger charge is -2.08. The van der Waals surface area contributed by atoms with Gasteiger partial charge in [-0.25, -0.2) is 9.67 Å². The van der Waals surface area contributed by atoms with Gasteiger partial charge in [0.25, 0.3) is 11.5 Å². The van der Waals surface area contributed by atoms with Crippen LogP contribution in [-0.4, -0.2) is 32.2 Å². The molecule has 3 aromatic rings. The molecular weight excluding hydrogens is 318 g/mol. The molecule has 2 aromatic heterocycles. The number of rotatable bonds is 5. The number of hydrogen-bond donors (Lipinski definition) is 1. The number of carbonyl (C=O) groups is 1. The number of amides is 1. The highest BCUT2D eigenvalue weighted by molar-refractivity contribution is 5.93. The molecule has 1 aliphatic rings. The first-order chi connectivity index (χ1) is 12.2. The van der Waals surface area contributed by atoms with Crippen molar-refractivity contribution in [2.75, 3.05) is 6.54 Å². The second-order valence-corrected chi connectivity index (χ2v) is 6.09. The summed E-state index contributed by atoms with van der Waals surface area (Å²) in [5, 5.41) is 7.13. The van der Waals surface area contributed by atoms with E-state index in [4.69, 9.17) is 0 Å². The van der Waals surface area contributed by atoms with Crippen LogP contribution in [0.25, 0.3) is 11.0 Å². The van der Waals surface area contributed by atoms with Crippen molar-refractivity contribution < 1.29 is 4.79 Å². The van der Waals surface area contributed by atoms with Gasteiger partial charge in [0, 0.05) is 18.5 Å². The molecule has 0 saturated heterocycles. The maximum absolute atomic E-state index is 12.2. The van der Waals surface area contributed by atoms with Gasteiger partial charge in [0.15, 0.2) is 0 Å². The molecule has 0 aliphatic heterocycles. The average Bonchev–Trinajstić information content (AvgIpc) is 3.48. The Morgan fingerprint density at radius 2 is 1.96 bits per heavy atom. The fraction of sp³-hybridized carbons (Fsp3) is 0.278. The van der Waals surface area contributed by atoms with Gasteiger partial charge in [0.1, 0.15) is 5.69 Å². The van der Waals surface area contributed by atoms with Gasteiger partial charge in [0.05, 0.1) is 29.5 Å². The van der Waals surface area contributed by atoms with Crippen LogP contribution in [0.3, 0.4) is 0 Å². The van der Waals surface area contributed by atoms with E-state index in [-0.39, 0.29) is 17.2 Å². The molecule has 7 heteroatoms. The molecule has 0 spiro atoms. The van der Waals surface area contributed by atoms with Gasteiger partial charge < -0.3 is 5.32 Å². The zero-order valence-electron chi connectivity index (χ0n) is 13.6. The monoisotopic (exact) mass is 335 g/mol.